The number of rotatable bonds is 5. The Balaban J connectivity index is 1.30. The largest absolute Gasteiger partial charge is 0.494 e. The van der Waals surface area contributed by atoms with Crippen molar-refractivity contribution in [3.05, 3.63) is 76.3 Å². The normalized spacial score (nSPS) is 13.8. The lowest BCUT2D eigenvalue weighted by Crippen LogP contribution is -2.47. The van der Waals surface area contributed by atoms with Gasteiger partial charge in [0.15, 0.2) is 5.82 Å². The number of benzene rings is 2. The molecule has 3 heterocycles. The number of pyridine rings is 1. The van der Waals surface area contributed by atoms with Crippen LogP contribution in [-0.2, 0) is 0 Å². The summed E-state index contributed by atoms with van der Waals surface area (Å²) in [4.78, 5) is 20.0. The summed E-state index contributed by atoms with van der Waals surface area (Å²) in [5.41, 5.74) is 3.37. The second kappa shape index (κ2) is 8.93. The van der Waals surface area contributed by atoms with E-state index >= 15 is 0 Å². The van der Waals surface area contributed by atoms with Crippen molar-refractivity contribution in [1.29, 1.82) is 0 Å². The summed E-state index contributed by atoms with van der Waals surface area (Å²) in [7, 11) is 1.67. The number of aromatic nitrogens is 3. The first-order valence-electron chi connectivity index (χ1n) is 11.1. The Morgan fingerprint density at radius 1 is 0.912 bits per heavy atom. The molecule has 0 saturated carbocycles. The number of fused-ring (bicyclic) bond motifs is 1. The lowest BCUT2D eigenvalue weighted by atomic mass is 10.1. The van der Waals surface area contributed by atoms with Gasteiger partial charge in [-0.3, -0.25) is 10.1 Å². The van der Waals surface area contributed by atoms with Crippen LogP contribution in [0.4, 0.5) is 17.3 Å². The minimum absolute atomic E-state index is 0.0367. The van der Waals surface area contributed by atoms with Gasteiger partial charge in [0, 0.05) is 49.3 Å². The number of nitro groups is 1. The molecule has 2 aromatic heterocycles. The number of ether oxygens (including phenoxy) is 1. The molecule has 4 aromatic rings. The zero-order valence-corrected chi connectivity index (χ0v) is 19.0. The number of hydrogen-bond acceptors (Lipinski definition) is 8. The Kier molecular flexibility index (Phi) is 5.67. The minimum atomic E-state index is -0.410. The predicted octanol–water partition coefficient (Wildman–Crippen LogP) is 4.24. The first-order chi connectivity index (χ1) is 16.5. The number of non-ortho nitro benzene ring substituents is 1. The highest BCUT2D eigenvalue weighted by Crippen LogP contribution is 2.30. The molecule has 5 rings (SSSR count). The van der Waals surface area contributed by atoms with Crippen LogP contribution in [0.15, 0.2) is 60.7 Å². The van der Waals surface area contributed by atoms with Crippen LogP contribution >= 0.6 is 0 Å². The van der Waals surface area contributed by atoms with Crippen molar-refractivity contribution in [1.82, 2.24) is 15.2 Å². The van der Waals surface area contributed by atoms with E-state index in [0.717, 1.165) is 54.5 Å². The Bertz CT molecular complexity index is 1350. The molecule has 1 saturated heterocycles. The van der Waals surface area contributed by atoms with Crippen molar-refractivity contribution in [3.8, 4) is 17.0 Å². The lowest BCUT2D eigenvalue weighted by Gasteiger charge is -2.36. The van der Waals surface area contributed by atoms with E-state index in [1.807, 2.05) is 24.3 Å². The number of piperazine rings is 1. The fraction of sp³-hybridized carbons (Fsp3) is 0.240. The molecule has 0 unspecified atom stereocenters. The monoisotopic (exact) mass is 456 g/mol. The quantitative estimate of drug-likeness (QED) is 0.325. The van der Waals surface area contributed by atoms with E-state index in [0.29, 0.717) is 11.3 Å². The van der Waals surface area contributed by atoms with Gasteiger partial charge >= 0.3 is 0 Å². The van der Waals surface area contributed by atoms with Crippen LogP contribution in [0.5, 0.6) is 5.75 Å². The third-order valence-electron chi connectivity index (χ3n) is 6.15. The second-order valence-electron chi connectivity index (χ2n) is 8.21. The molecular weight excluding hydrogens is 432 g/mol. The van der Waals surface area contributed by atoms with E-state index in [2.05, 4.69) is 39.1 Å². The standard InChI is InChI=1S/C25H24N6O3/c1-17-15-24(26-25-20(17)7-4-8-22(25)34-2)30-13-11-29(12-14-30)23-10-9-21(27-28-23)18-5-3-6-19(16-18)31(32)33/h3-10,15-16H,11-14H2,1-2H3. The van der Waals surface area contributed by atoms with Crippen molar-refractivity contribution >= 4 is 28.2 Å². The number of anilines is 2. The molecule has 1 fully saturated rings. The molecule has 0 bridgehead atoms. The van der Waals surface area contributed by atoms with Crippen molar-refractivity contribution in [3.63, 3.8) is 0 Å². The third kappa shape index (κ3) is 4.07. The van der Waals surface area contributed by atoms with E-state index in [1.165, 1.54) is 17.7 Å². The van der Waals surface area contributed by atoms with Gasteiger partial charge in [0.05, 0.1) is 17.7 Å². The summed E-state index contributed by atoms with van der Waals surface area (Å²) < 4.78 is 5.52. The maximum Gasteiger partial charge on any atom is 0.270 e. The van der Waals surface area contributed by atoms with Gasteiger partial charge in [0.2, 0.25) is 0 Å². The molecule has 9 nitrogen and oxygen atoms in total. The highest BCUT2D eigenvalue weighted by molar-refractivity contribution is 5.89. The molecule has 1 aliphatic rings. The smallest absolute Gasteiger partial charge is 0.270 e. The number of nitrogens with zero attached hydrogens (tertiary/aromatic N) is 6. The molecule has 0 aliphatic carbocycles. The zero-order chi connectivity index (χ0) is 23.7. The van der Waals surface area contributed by atoms with E-state index in [1.54, 1.807) is 19.2 Å². The molecule has 2 aromatic carbocycles. The van der Waals surface area contributed by atoms with Crippen molar-refractivity contribution in [2.24, 2.45) is 0 Å². The molecule has 0 radical (unpaired) electrons. The molecule has 0 amide bonds. The Morgan fingerprint density at radius 3 is 2.32 bits per heavy atom. The van der Waals surface area contributed by atoms with Gasteiger partial charge in [-0.15, -0.1) is 10.2 Å². The summed E-state index contributed by atoms with van der Waals surface area (Å²) in [5.74, 6) is 2.51. The van der Waals surface area contributed by atoms with Gasteiger partial charge in [0.25, 0.3) is 5.69 Å². The van der Waals surface area contributed by atoms with Crippen molar-refractivity contribution in [2.75, 3.05) is 43.1 Å². The summed E-state index contributed by atoms with van der Waals surface area (Å²) in [6.07, 6.45) is 0. The maximum absolute atomic E-state index is 11.0. The van der Waals surface area contributed by atoms with Gasteiger partial charge in [-0.2, -0.15) is 0 Å². The maximum atomic E-state index is 11.0. The first-order valence-corrected chi connectivity index (χ1v) is 11.1. The zero-order valence-electron chi connectivity index (χ0n) is 19.0. The minimum Gasteiger partial charge on any atom is -0.494 e. The van der Waals surface area contributed by atoms with Crippen LogP contribution in [-0.4, -0.2) is 53.4 Å². The topological polar surface area (TPSA) is 97.5 Å². The van der Waals surface area contributed by atoms with Crippen molar-refractivity contribution < 1.29 is 9.66 Å². The average Bonchev–Trinajstić information content (AvgIpc) is 2.88. The van der Waals surface area contributed by atoms with E-state index in [9.17, 15) is 10.1 Å². The molecule has 34 heavy (non-hydrogen) atoms. The van der Waals surface area contributed by atoms with Gasteiger partial charge in [-0.25, -0.2) is 4.98 Å². The van der Waals surface area contributed by atoms with Crippen LogP contribution in [0.2, 0.25) is 0 Å². The van der Waals surface area contributed by atoms with Crippen LogP contribution in [0, 0.1) is 17.0 Å². The molecule has 0 spiro atoms. The summed E-state index contributed by atoms with van der Waals surface area (Å²) >= 11 is 0. The second-order valence-corrected chi connectivity index (χ2v) is 8.21. The first kappa shape index (κ1) is 21.6. The Hall–Kier alpha value is -4.27. The number of hydrogen-bond donors (Lipinski definition) is 0. The average molecular weight is 457 g/mol. The van der Waals surface area contributed by atoms with Gasteiger partial charge < -0.3 is 14.5 Å². The highest BCUT2D eigenvalue weighted by atomic mass is 16.6. The van der Waals surface area contributed by atoms with Crippen LogP contribution in [0.3, 0.4) is 0 Å². The third-order valence-corrected chi connectivity index (χ3v) is 6.15. The summed E-state index contributed by atoms with van der Waals surface area (Å²) in [6, 6.07) is 18.3. The van der Waals surface area contributed by atoms with Gasteiger partial charge in [0.1, 0.15) is 17.1 Å². The van der Waals surface area contributed by atoms with Crippen LogP contribution in [0.25, 0.3) is 22.2 Å². The molecule has 0 atom stereocenters. The number of aryl methyl sites for hydroxylation is 1. The predicted molar refractivity (Wildman–Crippen MR) is 132 cm³/mol. The highest BCUT2D eigenvalue weighted by Gasteiger charge is 2.21. The molecule has 172 valence electrons. The Labute approximate surface area is 196 Å². The summed E-state index contributed by atoms with van der Waals surface area (Å²) in [5, 5.41) is 20.8. The van der Waals surface area contributed by atoms with Gasteiger partial charge in [-0.05, 0) is 36.8 Å². The Morgan fingerprint density at radius 2 is 1.65 bits per heavy atom. The molecule has 9 heteroatoms. The SMILES string of the molecule is COc1cccc2c(C)cc(N3CCN(c4ccc(-c5cccc([N+](=O)[O-])c5)nn4)CC3)nc12. The van der Waals surface area contributed by atoms with Crippen LogP contribution in [0.1, 0.15) is 5.56 Å². The lowest BCUT2D eigenvalue weighted by molar-refractivity contribution is -0.384. The molecule has 0 N–H and O–H groups in total. The van der Waals surface area contributed by atoms with Gasteiger partial charge in [-0.1, -0.05) is 24.3 Å². The fourth-order valence-electron chi connectivity index (χ4n) is 4.29. The number of nitro benzene ring substituents is 1. The van der Waals surface area contributed by atoms with Crippen molar-refractivity contribution in [2.45, 2.75) is 6.92 Å². The van der Waals surface area contributed by atoms with E-state index < -0.39 is 4.92 Å². The molecule has 1 aliphatic heterocycles. The van der Waals surface area contributed by atoms with E-state index in [-0.39, 0.29) is 5.69 Å². The van der Waals surface area contributed by atoms with Crippen LogP contribution < -0.4 is 14.5 Å². The van der Waals surface area contributed by atoms with E-state index in [4.69, 9.17) is 9.72 Å². The fourth-order valence-corrected chi connectivity index (χ4v) is 4.29. The number of methoxy groups -OCH3 is 1. The number of para-hydroxylation sites is 1. The summed E-state index contributed by atoms with van der Waals surface area (Å²) in [6.45, 7) is 5.29. The molecular formula is C25H24N6O3.